The van der Waals surface area contributed by atoms with Crippen molar-refractivity contribution in [3.63, 3.8) is 0 Å². The van der Waals surface area contributed by atoms with Crippen LogP contribution in [0.15, 0.2) is 58.2 Å². The van der Waals surface area contributed by atoms with Gasteiger partial charge in [-0.2, -0.15) is 4.98 Å². The molecule has 0 amide bonds. The molecule has 0 saturated heterocycles. The molecule has 32 heavy (non-hydrogen) atoms. The van der Waals surface area contributed by atoms with Crippen LogP contribution >= 0.6 is 24.0 Å². The largest absolute Gasteiger partial charge is 0.493 e. The lowest BCUT2D eigenvalue weighted by atomic mass is 10.3. The molecule has 0 spiro atoms. The van der Waals surface area contributed by atoms with Crippen molar-refractivity contribution in [3.8, 4) is 17.3 Å². The quantitative estimate of drug-likeness (QED) is 0.160. The highest BCUT2D eigenvalue weighted by molar-refractivity contribution is 14.0. The van der Waals surface area contributed by atoms with Gasteiger partial charge in [0.25, 0.3) is 5.89 Å². The van der Waals surface area contributed by atoms with Crippen LogP contribution in [0.1, 0.15) is 19.2 Å². The molecule has 3 aromatic rings. The third kappa shape index (κ3) is 8.42. The van der Waals surface area contributed by atoms with Crippen molar-refractivity contribution in [2.24, 2.45) is 4.99 Å². The van der Waals surface area contributed by atoms with Crippen LogP contribution in [0.25, 0.3) is 11.6 Å². The zero-order valence-corrected chi connectivity index (χ0v) is 20.6. The molecule has 0 atom stereocenters. The number of guanidine groups is 1. The number of hydrogen-bond donors (Lipinski definition) is 2. The van der Waals surface area contributed by atoms with Gasteiger partial charge in [0.15, 0.2) is 11.8 Å². The van der Waals surface area contributed by atoms with Gasteiger partial charge in [0.1, 0.15) is 11.4 Å². The molecular weight excluding hydrogens is 523 g/mol. The molecule has 172 valence electrons. The summed E-state index contributed by atoms with van der Waals surface area (Å²) < 4.78 is 16.1. The van der Waals surface area contributed by atoms with Crippen molar-refractivity contribution < 1.29 is 14.0 Å². The number of rotatable bonds is 11. The Morgan fingerprint density at radius 3 is 2.84 bits per heavy atom. The van der Waals surface area contributed by atoms with Crippen LogP contribution < -0.4 is 15.4 Å². The molecule has 9 nitrogen and oxygen atoms in total. The average molecular weight is 552 g/mol. The second kappa shape index (κ2) is 14.4. The highest BCUT2D eigenvalue weighted by Crippen LogP contribution is 2.17. The number of pyridine rings is 1. The van der Waals surface area contributed by atoms with Crippen LogP contribution in [0.2, 0.25) is 0 Å². The van der Waals surface area contributed by atoms with Gasteiger partial charge in [0, 0.05) is 57.6 Å². The number of aliphatic imine (C=N–C) groups is 1. The van der Waals surface area contributed by atoms with Gasteiger partial charge in [-0.1, -0.05) is 17.3 Å². The maximum atomic E-state index is 5.76. The Bertz CT molecular complexity index is 952. The molecule has 0 aliphatic heterocycles. The van der Waals surface area contributed by atoms with Crippen molar-refractivity contribution in [2.75, 3.05) is 38.7 Å². The van der Waals surface area contributed by atoms with E-state index in [1.54, 1.807) is 13.3 Å². The summed E-state index contributed by atoms with van der Waals surface area (Å²) in [7, 11) is 1.68. The first kappa shape index (κ1) is 25.5. The molecule has 0 unspecified atom stereocenters. The summed E-state index contributed by atoms with van der Waals surface area (Å²) in [5.74, 6) is 2.47. The lowest BCUT2D eigenvalue weighted by Gasteiger charge is -2.12. The highest BCUT2D eigenvalue weighted by atomic mass is 127. The summed E-state index contributed by atoms with van der Waals surface area (Å²) in [6.07, 6.45) is 3.09. The number of nitrogens with zero attached hydrogens (tertiary/aromatic N) is 4. The zero-order valence-electron chi connectivity index (χ0n) is 18.3. The second-order valence-corrected chi connectivity index (χ2v) is 6.59. The number of aromatic nitrogens is 3. The van der Waals surface area contributed by atoms with Crippen LogP contribution in [-0.2, 0) is 11.2 Å². The molecule has 0 saturated carbocycles. The summed E-state index contributed by atoms with van der Waals surface area (Å²) in [6, 6.07) is 13.3. The van der Waals surface area contributed by atoms with E-state index >= 15 is 0 Å². The van der Waals surface area contributed by atoms with E-state index in [1.807, 2.05) is 49.4 Å². The predicted octanol–water partition coefficient (Wildman–Crippen LogP) is 3.79. The summed E-state index contributed by atoms with van der Waals surface area (Å²) in [5, 5.41) is 10.5. The van der Waals surface area contributed by atoms with E-state index in [0.29, 0.717) is 49.5 Å². The van der Waals surface area contributed by atoms with E-state index in [2.05, 4.69) is 30.8 Å². The van der Waals surface area contributed by atoms with E-state index in [4.69, 9.17) is 14.0 Å². The Kier molecular flexibility index (Phi) is 11.5. The van der Waals surface area contributed by atoms with Gasteiger partial charge in [-0.15, -0.1) is 24.0 Å². The van der Waals surface area contributed by atoms with Gasteiger partial charge < -0.3 is 24.6 Å². The normalized spacial score (nSPS) is 11.0. The number of nitrogens with one attached hydrogen (secondary N) is 2. The first-order chi connectivity index (χ1) is 15.3. The summed E-state index contributed by atoms with van der Waals surface area (Å²) >= 11 is 0. The molecule has 2 N–H and O–H groups in total. The second-order valence-electron chi connectivity index (χ2n) is 6.59. The number of hydrogen-bond acceptors (Lipinski definition) is 7. The highest BCUT2D eigenvalue weighted by Gasteiger charge is 2.09. The summed E-state index contributed by atoms with van der Waals surface area (Å²) in [4.78, 5) is 13.2. The van der Waals surface area contributed by atoms with Crippen molar-refractivity contribution in [1.82, 2.24) is 20.4 Å². The van der Waals surface area contributed by atoms with Crippen molar-refractivity contribution in [3.05, 3.63) is 54.5 Å². The first-order valence-corrected chi connectivity index (χ1v) is 10.3. The van der Waals surface area contributed by atoms with Gasteiger partial charge >= 0.3 is 0 Å². The van der Waals surface area contributed by atoms with Crippen LogP contribution in [0, 0.1) is 0 Å². The minimum absolute atomic E-state index is 0. The lowest BCUT2D eigenvalue weighted by Crippen LogP contribution is -2.30. The third-order valence-corrected chi connectivity index (χ3v) is 4.16. The molecule has 0 bridgehead atoms. The molecule has 0 radical (unpaired) electrons. The van der Waals surface area contributed by atoms with Crippen LogP contribution in [-0.4, -0.2) is 54.5 Å². The summed E-state index contributed by atoms with van der Waals surface area (Å²) in [5.41, 5.74) is 1.55. The molecule has 3 rings (SSSR count). The average Bonchev–Trinajstić information content (AvgIpc) is 3.27. The third-order valence-electron chi connectivity index (χ3n) is 4.16. The maximum absolute atomic E-state index is 5.76. The van der Waals surface area contributed by atoms with E-state index in [9.17, 15) is 0 Å². The zero-order chi connectivity index (χ0) is 21.7. The van der Waals surface area contributed by atoms with Crippen molar-refractivity contribution in [1.29, 1.82) is 0 Å². The number of halogens is 1. The van der Waals surface area contributed by atoms with Crippen LogP contribution in [0.5, 0.6) is 5.75 Å². The molecule has 0 fully saturated rings. The fraction of sp³-hybridized carbons (Fsp3) is 0.364. The number of anilines is 1. The minimum atomic E-state index is 0. The molecular formula is C22H29IN6O3. The standard InChI is InChI=1S/C22H28N6O3.HI/c1-3-23-22(26-17-8-6-9-18(16-17)30-15-7-14-29-2)25-13-11-20-27-21(31-28-20)19-10-4-5-12-24-19;/h4-6,8-10,12,16H,3,7,11,13-15H2,1-2H3,(H2,23,25,26);1H. The monoisotopic (exact) mass is 552 g/mol. The van der Waals surface area contributed by atoms with E-state index in [0.717, 1.165) is 24.4 Å². The minimum Gasteiger partial charge on any atom is -0.493 e. The van der Waals surface area contributed by atoms with Crippen LogP contribution in [0.3, 0.4) is 0 Å². The van der Waals surface area contributed by atoms with Crippen molar-refractivity contribution in [2.45, 2.75) is 19.8 Å². The Morgan fingerprint density at radius 1 is 1.16 bits per heavy atom. The van der Waals surface area contributed by atoms with E-state index in [-0.39, 0.29) is 24.0 Å². The molecule has 10 heteroatoms. The summed E-state index contributed by atoms with van der Waals surface area (Å²) in [6.45, 7) is 4.55. The molecule has 0 aliphatic carbocycles. The predicted molar refractivity (Wildman–Crippen MR) is 135 cm³/mol. The molecule has 1 aromatic carbocycles. The first-order valence-electron chi connectivity index (χ1n) is 10.3. The molecule has 0 aliphatic rings. The van der Waals surface area contributed by atoms with E-state index < -0.39 is 0 Å². The molecule has 2 aromatic heterocycles. The number of methoxy groups -OCH3 is 1. The SMILES string of the molecule is CCNC(=NCCc1noc(-c2ccccn2)n1)Nc1cccc(OCCCOC)c1.I. The van der Waals surface area contributed by atoms with Crippen molar-refractivity contribution >= 4 is 35.6 Å². The Labute approximate surface area is 205 Å². The molecule has 2 heterocycles. The Balaban J connectivity index is 0.00000363. The van der Waals surface area contributed by atoms with Crippen LogP contribution in [0.4, 0.5) is 5.69 Å². The van der Waals surface area contributed by atoms with Gasteiger partial charge in [-0.3, -0.25) is 9.98 Å². The van der Waals surface area contributed by atoms with Gasteiger partial charge in [-0.05, 0) is 31.2 Å². The fourth-order valence-corrected chi connectivity index (χ4v) is 2.72. The maximum Gasteiger partial charge on any atom is 0.276 e. The van der Waals surface area contributed by atoms with Gasteiger partial charge in [0.2, 0.25) is 0 Å². The lowest BCUT2D eigenvalue weighted by molar-refractivity contribution is 0.172. The number of benzene rings is 1. The van der Waals surface area contributed by atoms with Gasteiger partial charge in [0.05, 0.1) is 6.61 Å². The Hall–Kier alpha value is -2.73. The van der Waals surface area contributed by atoms with Gasteiger partial charge in [-0.25, -0.2) is 0 Å². The Morgan fingerprint density at radius 2 is 2.06 bits per heavy atom. The fourth-order valence-electron chi connectivity index (χ4n) is 2.72. The topological polar surface area (TPSA) is 107 Å². The van der Waals surface area contributed by atoms with E-state index in [1.165, 1.54) is 0 Å². The smallest absolute Gasteiger partial charge is 0.276 e. The number of ether oxygens (including phenoxy) is 2.